The number of carbonyl (C=O) groups excluding carboxylic acids is 3. The van der Waals surface area contributed by atoms with E-state index in [0.717, 1.165) is 16.6 Å². The predicted molar refractivity (Wildman–Crippen MR) is 128 cm³/mol. The largest absolute Gasteiger partial charge is 0.443 e. The van der Waals surface area contributed by atoms with Gasteiger partial charge < -0.3 is 9.64 Å². The molecule has 0 spiro atoms. The molecule has 0 radical (unpaired) electrons. The summed E-state index contributed by atoms with van der Waals surface area (Å²) in [6.45, 7) is 12.8. The molecule has 1 aliphatic heterocycles. The number of allylic oxidation sites excluding steroid dienone is 1. The number of hydrogen-bond donors (Lipinski definition) is 0. The van der Waals surface area contributed by atoms with Gasteiger partial charge in [0.15, 0.2) is 0 Å². The van der Waals surface area contributed by atoms with Gasteiger partial charge in [-0.1, -0.05) is 37.9 Å². The summed E-state index contributed by atoms with van der Waals surface area (Å²) in [6, 6.07) is 5.73. The molecule has 1 aromatic heterocycles. The van der Waals surface area contributed by atoms with Gasteiger partial charge in [-0.15, -0.1) is 0 Å². The third kappa shape index (κ3) is 8.22. The Morgan fingerprint density at radius 3 is 2.56 bits per heavy atom. The lowest BCUT2D eigenvalue weighted by Gasteiger charge is -2.36. The van der Waals surface area contributed by atoms with Crippen LogP contribution in [0.3, 0.4) is 0 Å². The molecule has 2 rings (SSSR count). The maximum Gasteiger partial charge on any atom is 0.417 e. The lowest BCUT2D eigenvalue weighted by Crippen LogP contribution is -2.56. The Hall–Kier alpha value is -2.48. The van der Waals surface area contributed by atoms with Gasteiger partial charge in [-0.25, -0.2) is 9.69 Å². The maximum atomic E-state index is 13.6. The zero-order valence-electron chi connectivity index (χ0n) is 20.3. The lowest BCUT2D eigenvalue weighted by molar-refractivity contribution is -0.148. The summed E-state index contributed by atoms with van der Waals surface area (Å²) < 4.78 is 5.44. The third-order valence-electron chi connectivity index (χ3n) is 4.94. The van der Waals surface area contributed by atoms with E-state index in [4.69, 9.17) is 4.74 Å². The molecular formula is C24H37N3O4Si. The van der Waals surface area contributed by atoms with Crippen LogP contribution in [-0.2, 0) is 20.9 Å². The minimum Gasteiger partial charge on any atom is -0.443 e. The number of piperidine rings is 1. The highest BCUT2D eigenvalue weighted by atomic mass is 28.3. The van der Waals surface area contributed by atoms with Crippen LogP contribution < -0.4 is 0 Å². The number of pyridine rings is 1. The molecule has 1 fully saturated rings. The van der Waals surface area contributed by atoms with E-state index in [0.29, 0.717) is 25.9 Å². The molecule has 1 atom stereocenters. The van der Waals surface area contributed by atoms with Crippen LogP contribution in [0.1, 0.15) is 45.7 Å². The number of aromatic nitrogens is 1. The number of nitrogens with zero attached hydrogens (tertiary/aromatic N) is 3. The number of ether oxygens (including phenoxy) is 1. The quantitative estimate of drug-likeness (QED) is 0.439. The summed E-state index contributed by atoms with van der Waals surface area (Å²) >= 11 is 0. The highest BCUT2D eigenvalue weighted by Gasteiger charge is 2.41. The minimum atomic E-state index is -1.24. The number of carbonyl (C=O) groups is 3. The smallest absolute Gasteiger partial charge is 0.417 e. The van der Waals surface area contributed by atoms with Crippen LogP contribution in [0.4, 0.5) is 4.79 Å². The van der Waals surface area contributed by atoms with E-state index in [9.17, 15) is 14.4 Å². The van der Waals surface area contributed by atoms with Gasteiger partial charge in [-0.2, -0.15) is 0 Å². The fourth-order valence-corrected chi connectivity index (χ4v) is 4.29. The van der Waals surface area contributed by atoms with Crippen LogP contribution in [0, 0.1) is 0 Å². The molecule has 0 saturated carbocycles. The van der Waals surface area contributed by atoms with Gasteiger partial charge >= 0.3 is 6.09 Å². The molecule has 7 nitrogen and oxygen atoms in total. The molecule has 0 unspecified atom stereocenters. The van der Waals surface area contributed by atoms with Crippen LogP contribution in [0.2, 0.25) is 25.7 Å². The van der Waals surface area contributed by atoms with E-state index in [2.05, 4.69) is 30.7 Å². The van der Waals surface area contributed by atoms with Gasteiger partial charge in [-0.05, 0) is 51.8 Å². The Balaban J connectivity index is 2.25. The molecule has 1 aliphatic rings. The van der Waals surface area contributed by atoms with E-state index in [-0.39, 0.29) is 18.2 Å². The van der Waals surface area contributed by atoms with Crippen molar-refractivity contribution in [2.45, 2.75) is 83.9 Å². The van der Waals surface area contributed by atoms with Crippen LogP contribution in [0.5, 0.6) is 0 Å². The van der Waals surface area contributed by atoms with Gasteiger partial charge in [0, 0.05) is 27.2 Å². The predicted octanol–water partition coefficient (Wildman–Crippen LogP) is 4.62. The monoisotopic (exact) mass is 459 g/mol. The van der Waals surface area contributed by atoms with Crippen molar-refractivity contribution in [3.8, 4) is 0 Å². The molecular weight excluding hydrogens is 422 g/mol. The van der Waals surface area contributed by atoms with Crippen LogP contribution in [0.25, 0.3) is 0 Å². The first-order valence-electron chi connectivity index (χ1n) is 11.3. The van der Waals surface area contributed by atoms with Gasteiger partial charge in [0.2, 0.25) is 11.8 Å². The number of likely N-dealkylation sites (tertiary alicyclic amines) is 1. The molecule has 8 heteroatoms. The highest BCUT2D eigenvalue weighted by molar-refractivity contribution is 6.76. The molecule has 2 heterocycles. The standard InChI is InChI=1S/C24H37N3O4Si/c1-24(2,3)31-23(30)27-20(13-11-14-21(27)28)22(29)26(16-9-10-17-32(4,5)6)18-19-12-7-8-15-25-19/h7-10,12,15,20H,11,13-14,16-18H2,1-6H3/t20-/m0/s1. The topological polar surface area (TPSA) is 79.8 Å². The van der Waals surface area contributed by atoms with Crippen molar-refractivity contribution in [1.29, 1.82) is 0 Å². The van der Waals surface area contributed by atoms with Crippen molar-refractivity contribution in [2.24, 2.45) is 0 Å². The van der Waals surface area contributed by atoms with Crippen molar-refractivity contribution >= 4 is 26.0 Å². The molecule has 1 aromatic rings. The summed E-state index contributed by atoms with van der Waals surface area (Å²) in [5.41, 5.74) is 0.000671. The fourth-order valence-electron chi connectivity index (χ4n) is 3.41. The summed E-state index contributed by atoms with van der Waals surface area (Å²) in [6.07, 6.45) is 6.30. The minimum absolute atomic E-state index is 0.235. The van der Waals surface area contributed by atoms with Gasteiger partial charge in [0.1, 0.15) is 11.6 Å². The molecule has 1 saturated heterocycles. The maximum absolute atomic E-state index is 13.6. The second kappa shape index (κ2) is 10.9. The second-order valence-electron chi connectivity index (χ2n) is 10.4. The average molecular weight is 460 g/mol. The van der Waals surface area contributed by atoms with Gasteiger partial charge in [-0.3, -0.25) is 14.6 Å². The number of imide groups is 1. The molecule has 0 N–H and O–H groups in total. The Bertz CT molecular complexity index is 828. The van der Waals surface area contributed by atoms with Crippen molar-refractivity contribution < 1.29 is 19.1 Å². The van der Waals surface area contributed by atoms with Crippen LogP contribution >= 0.6 is 0 Å². The van der Waals surface area contributed by atoms with E-state index >= 15 is 0 Å². The summed E-state index contributed by atoms with van der Waals surface area (Å²) in [5.74, 6) is -0.622. The Morgan fingerprint density at radius 2 is 1.97 bits per heavy atom. The zero-order chi connectivity index (χ0) is 23.9. The highest BCUT2D eigenvalue weighted by Crippen LogP contribution is 2.24. The fraction of sp³-hybridized carbons (Fsp3) is 0.583. The van der Waals surface area contributed by atoms with Crippen molar-refractivity contribution in [2.75, 3.05) is 6.54 Å². The number of amides is 3. The first-order chi connectivity index (χ1) is 14.9. The SMILES string of the molecule is CC(C)(C)OC(=O)N1C(=O)CCC[C@H]1C(=O)N(CC=CC[Si](C)(C)C)Cc1ccccn1. The van der Waals surface area contributed by atoms with E-state index in [1.54, 1.807) is 31.9 Å². The Kier molecular flexibility index (Phi) is 8.78. The van der Waals surface area contributed by atoms with E-state index in [1.807, 2.05) is 24.3 Å². The van der Waals surface area contributed by atoms with Crippen LogP contribution in [-0.4, -0.2) is 59.0 Å². The molecule has 176 valence electrons. The van der Waals surface area contributed by atoms with Crippen LogP contribution in [0.15, 0.2) is 36.5 Å². The van der Waals surface area contributed by atoms with E-state index in [1.165, 1.54) is 0 Å². The first-order valence-corrected chi connectivity index (χ1v) is 15.0. The summed E-state index contributed by atoms with van der Waals surface area (Å²) in [7, 11) is -1.24. The number of hydrogen-bond acceptors (Lipinski definition) is 5. The summed E-state index contributed by atoms with van der Waals surface area (Å²) in [4.78, 5) is 46.0. The van der Waals surface area contributed by atoms with E-state index < -0.39 is 25.8 Å². The molecule has 0 aliphatic carbocycles. The Labute approximate surface area is 192 Å². The van der Waals surface area contributed by atoms with Gasteiger partial charge in [0.05, 0.1) is 12.2 Å². The van der Waals surface area contributed by atoms with Crippen molar-refractivity contribution in [3.05, 3.63) is 42.2 Å². The molecule has 3 amide bonds. The zero-order valence-corrected chi connectivity index (χ0v) is 21.3. The Morgan fingerprint density at radius 1 is 1.25 bits per heavy atom. The van der Waals surface area contributed by atoms with Crippen molar-refractivity contribution in [3.63, 3.8) is 0 Å². The molecule has 0 aromatic carbocycles. The summed E-state index contributed by atoms with van der Waals surface area (Å²) in [5, 5.41) is 0. The normalized spacial score (nSPS) is 17.5. The second-order valence-corrected chi connectivity index (χ2v) is 16.0. The lowest BCUT2D eigenvalue weighted by atomic mass is 10.0. The third-order valence-corrected chi connectivity index (χ3v) is 6.40. The van der Waals surface area contributed by atoms with Gasteiger partial charge in [0.25, 0.3) is 0 Å². The van der Waals surface area contributed by atoms with Crippen molar-refractivity contribution in [1.82, 2.24) is 14.8 Å². The first kappa shape index (κ1) is 25.8. The number of rotatable bonds is 7. The molecule has 0 bridgehead atoms. The average Bonchev–Trinajstić information content (AvgIpc) is 2.68. The molecule has 32 heavy (non-hydrogen) atoms.